The lowest BCUT2D eigenvalue weighted by Gasteiger charge is -2.40. The van der Waals surface area contributed by atoms with Gasteiger partial charge in [0, 0.05) is 37.2 Å². The summed E-state index contributed by atoms with van der Waals surface area (Å²) in [4.78, 5) is 17.6. The summed E-state index contributed by atoms with van der Waals surface area (Å²) >= 11 is 0. The van der Waals surface area contributed by atoms with Crippen molar-refractivity contribution in [3.05, 3.63) is 70.8 Å². The first-order valence-corrected chi connectivity index (χ1v) is 10.2. The summed E-state index contributed by atoms with van der Waals surface area (Å²) in [6.07, 6.45) is 3.61. The van der Waals surface area contributed by atoms with Gasteiger partial charge in [-0.1, -0.05) is 47.5 Å². The molecule has 2 fully saturated rings. The minimum atomic E-state index is 0.197. The van der Waals surface area contributed by atoms with Crippen LogP contribution in [0.4, 0.5) is 0 Å². The average molecular weight is 363 g/mol. The van der Waals surface area contributed by atoms with Gasteiger partial charge in [-0.05, 0) is 57.4 Å². The van der Waals surface area contributed by atoms with E-state index in [0.717, 1.165) is 38.2 Å². The minimum absolute atomic E-state index is 0.197. The molecule has 2 heterocycles. The molecule has 0 bridgehead atoms. The highest BCUT2D eigenvalue weighted by Crippen LogP contribution is 2.39. The molecule has 4 rings (SSSR count). The molecule has 27 heavy (non-hydrogen) atoms. The summed E-state index contributed by atoms with van der Waals surface area (Å²) in [5, 5.41) is 0. The molecular formula is C24H30N2O. The third kappa shape index (κ3) is 4.08. The zero-order chi connectivity index (χ0) is 18.9. The number of amides is 1. The normalized spacial score (nSPS) is 23.1. The van der Waals surface area contributed by atoms with E-state index in [1.165, 1.54) is 36.1 Å². The molecule has 2 saturated heterocycles. The summed E-state index contributed by atoms with van der Waals surface area (Å²) in [6.45, 7) is 9.32. The Bertz CT molecular complexity index is 813. The Labute approximate surface area is 163 Å². The lowest BCUT2D eigenvalue weighted by atomic mass is 9.79. The third-order valence-corrected chi connectivity index (χ3v) is 6.25. The van der Waals surface area contributed by atoms with Crippen molar-refractivity contribution in [2.45, 2.75) is 39.7 Å². The average Bonchev–Trinajstić information content (AvgIpc) is 3.05. The van der Waals surface area contributed by atoms with Crippen molar-refractivity contribution in [1.29, 1.82) is 0 Å². The Morgan fingerprint density at radius 1 is 0.963 bits per heavy atom. The molecule has 3 nitrogen and oxygen atoms in total. The van der Waals surface area contributed by atoms with Crippen molar-refractivity contribution >= 4 is 5.91 Å². The van der Waals surface area contributed by atoms with Crippen LogP contribution in [0.5, 0.6) is 0 Å². The Balaban J connectivity index is 1.41. The Morgan fingerprint density at radius 2 is 1.78 bits per heavy atom. The lowest BCUT2D eigenvalue weighted by Crippen LogP contribution is -2.45. The first-order valence-electron chi connectivity index (χ1n) is 10.2. The van der Waals surface area contributed by atoms with Gasteiger partial charge in [0.1, 0.15) is 0 Å². The minimum Gasteiger partial charge on any atom is -0.338 e. The van der Waals surface area contributed by atoms with Crippen LogP contribution < -0.4 is 0 Å². The molecule has 2 aromatic rings. The van der Waals surface area contributed by atoms with Crippen LogP contribution >= 0.6 is 0 Å². The van der Waals surface area contributed by atoms with Crippen LogP contribution in [0.15, 0.2) is 48.5 Å². The van der Waals surface area contributed by atoms with Gasteiger partial charge < -0.3 is 4.90 Å². The topological polar surface area (TPSA) is 23.6 Å². The molecule has 2 aromatic carbocycles. The van der Waals surface area contributed by atoms with Crippen LogP contribution in [0.1, 0.15) is 46.3 Å². The standard InChI is InChI=1S/C24H30N2O/c1-19-7-9-22(10-8-19)23(27)26-14-12-24(18-26)11-4-13-25(17-24)16-21-6-3-5-20(2)15-21/h3,5-10,15H,4,11-14,16-18H2,1-2H3/t24-/m0/s1. The maximum atomic E-state index is 12.9. The summed E-state index contributed by atoms with van der Waals surface area (Å²) in [5.41, 5.74) is 5.03. The number of carbonyl (C=O) groups is 1. The summed E-state index contributed by atoms with van der Waals surface area (Å²) < 4.78 is 0. The van der Waals surface area contributed by atoms with E-state index in [9.17, 15) is 4.79 Å². The fourth-order valence-electron chi connectivity index (χ4n) is 4.83. The van der Waals surface area contributed by atoms with Gasteiger partial charge >= 0.3 is 0 Å². The number of likely N-dealkylation sites (tertiary alicyclic amines) is 2. The number of hydrogen-bond donors (Lipinski definition) is 0. The maximum Gasteiger partial charge on any atom is 0.253 e. The van der Waals surface area contributed by atoms with E-state index in [4.69, 9.17) is 0 Å². The van der Waals surface area contributed by atoms with Gasteiger partial charge in [0.25, 0.3) is 5.91 Å². The summed E-state index contributed by atoms with van der Waals surface area (Å²) in [7, 11) is 0. The van der Waals surface area contributed by atoms with E-state index in [0.29, 0.717) is 0 Å². The second-order valence-corrected chi connectivity index (χ2v) is 8.65. The first kappa shape index (κ1) is 18.2. The molecule has 2 aliphatic rings. The molecule has 2 aliphatic heterocycles. The van der Waals surface area contributed by atoms with Crippen LogP contribution in [-0.4, -0.2) is 41.9 Å². The van der Waals surface area contributed by atoms with E-state index in [1.807, 2.05) is 24.3 Å². The molecule has 0 radical (unpaired) electrons. The molecule has 1 atom stereocenters. The molecular weight excluding hydrogens is 332 g/mol. The highest BCUT2D eigenvalue weighted by Gasteiger charge is 2.42. The van der Waals surface area contributed by atoms with Crippen molar-refractivity contribution in [3.63, 3.8) is 0 Å². The monoisotopic (exact) mass is 362 g/mol. The van der Waals surface area contributed by atoms with Crippen LogP contribution in [0.2, 0.25) is 0 Å². The van der Waals surface area contributed by atoms with Gasteiger partial charge in [-0.3, -0.25) is 9.69 Å². The highest BCUT2D eigenvalue weighted by molar-refractivity contribution is 5.94. The predicted molar refractivity (Wildman–Crippen MR) is 110 cm³/mol. The zero-order valence-electron chi connectivity index (χ0n) is 16.6. The molecule has 0 saturated carbocycles. The first-order chi connectivity index (χ1) is 13.0. The molecule has 0 unspecified atom stereocenters. The van der Waals surface area contributed by atoms with Gasteiger partial charge in [-0.2, -0.15) is 0 Å². The lowest BCUT2D eigenvalue weighted by molar-refractivity contribution is 0.0675. The Morgan fingerprint density at radius 3 is 2.56 bits per heavy atom. The zero-order valence-corrected chi connectivity index (χ0v) is 16.6. The van der Waals surface area contributed by atoms with Crippen molar-refractivity contribution in [3.8, 4) is 0 Å². The van der Waals surface area contributed by atoms with E-state index in [-0.39, 0.29) is 11.3 Å². The van der Waals surface area contributed by atoms with Crippen molar-refractivity contribution in [2.75, 3.05) is 26.2 Å². The number of rotatable bonds is 3. The molecule has 0 N–H and O–H groups in total. The fourth-order valence-corrected chi connectivity index (χ4v) is 4.83. The summed E-state index contributed by atoms with van der Waals surface area (Å²) in [5.74, 6) is 0.197. The van der Waals surface area contributed by atoms with Crippen LogP contribution in [0.25, 0.3) is 0 Å². The number of piperidine rings is 1. The summed E-state index contributed by atoms with van der Waals surface area (Å²) in [6, 6.07) is 16.8. The number of carbonyl (C=O) groups excluding carboxylic acids is 1. The molecule has 0 aliphatic carbocycles. The van der Waals surface area contributed by atoms with Crippen molar-refractivity contribution < 1.29 is 4.79 Å². The molecule has 1 amide bonds. The number of aryl methyl sites for hydroxylation is 2. The fraction of sp³-hybridized carbons (Fsp3) is 0.458. The van der Waals surface area contributed by atoms with Crippen LogP contribution in [0, 0.1) is 19.3 Å². The largest absolute Gasteiger partial charge is 0.338 e. The molecule has 0 aromatic heterocycles. The Kier molecular flexibility index (Phi) is 5.05. The van der Waals surface area contributed by atoms with Crippen LogP contribution in [0.3, 0.4) is 0 Å². The van der Waals surface area contributed by atoms with Gasteiger partial charge in [0.05, 0.1) is 0 Å². The molecule has 1 spiro atoms. The van der Waals surface area contributed by atoms with E-state index in [2.05, 4.69) is 47.9 Å². The van der Waals surface area contributed by atoms with Crippen LogP contribution in [-0.2, 0) is 6.54 Å². The quantitative estimate of drug-likeness (QED) is 0.806. The molecule has 142 valence electrons. The van der Waals surface area contributed by atoms with E-state index in [1.54, 1.807) is 0 Å². The van der Waals surface area contributed by atoms with Gasteiger partial charge in [0.2, 0.25) is 0 Å². The van der Waals surface area contributed by atoms with Gasteiger partial charge in [0.15, 0.2) is 0 Å². The van der Waals surface area contributed by atoms with Crippen molar-refractivity contribution in [2.24, 2.45) is 5.41 Å². The highest BCUT2D eigenvalue weighted by atomic mass is 16.2. The van der Waals surface area contributed by atoms with Gasteiger partial charge in [-0.15, -0.1) is 0 Å². The third-order valence-electron chi connectivity index (χ3n) is 6.25. The molecule has 3 heteroatoms. The van der Waals surface area contributed by atoms with Crippen molar-refractivity contribution in [1.82, 2.24) is 9.80 Å². The van der Waals surface area contributed by atoms with Gasteiger partial charge in [-0.25, -0.2) is 0 Å². The number of nitrogens with zero attached hydrogens (tertiary/aromatic N) is 2. The number of benzene rings is 2. The maximum absolute atomic E-state index is 12.9. The Hall–Kier alpha value is -2.13. The smallest absolute Gasteiger partial charge is 0.253 e. The van der Waals surface area contributed by atoms with E-state index >= 15 is 0 Å². The number of hydrogen-bond acceptors (Lipinski definition) is 2. The second kappa shape index (κ2) is 7.47. The SMILES string of the molecule is Cc1ccc(C(=O)N2CC[C@]3(CCCN(Cc4cccc(C)c4)C3)C2)cc1. The second-order valence-electron chi connectivity index (χ2n) is 8.65. The van der Waals surface area contributed by atoms with E-state index < -0.39 is 0 Å². The predicted octanol–water partition coefficient (Wildman–Crippen LogP) is 4.43.